The van der Waals surface area contributed by atoms with Crippen LogP contribution in [-0.4, -0.2) is 19.7 Å². The number of ether oxygens (including phenoxy) is 3. The molecule has 0 aliphatic heterocycles. The van der Waals surface area contributed by atoms with Gasteiger partial charge in [-0.15, -0.1) is 0 Å². The predicted molar refractivity (Wildman–Crippen MR) is 54.0 cm³/mol. The van der Waals surface area contributed by atoms with Crippen LogP contribution in [0.1, 0.15) is 0 Å². The molecule has 1 rings (SSSR count). The molecule has 0 bridgehead atoms. The molecule has 0 radical (unpaired) electrons. The first kappa shape index (κ1) is 10.2. The third-order valence-electron chi connectivity index (χ3n) is 1.58. The Labute approximate surface area is 85.7 Å². The van der Waals surface area contributed by atoms with Crippen molar-refractivity contribution in [2.45, 2.75) is 0 Å². The normalized spacial score (nSPS) is 9.46. The average Bonchev–Trinajstić information content (AvgIpc) is 2.19. The maximum atomic E-state index is 5.26. The van der Waals surface area contributed by atoms with Gasteiger partial charge in [-0.05, 0) is 28.1 Å². The second-order valence-corrected chi connectivity index (χ2v) is 2.73. The number of benzene rings is 1. The molecule has 0 saturated carbocycles. The summed E-state index contributed by atoms with van der Waals surface area (Å²) in [5.41, 5.74) is 0.440. The molecule has 0 aliphatic carbocycles. The van der Waals surface area contributed by atoms with Crippen molar-refractivity contribution in [3.05, 3.63) is 18.2 Å². The van der Waals surface area contributed by atoms with Gasteiger partial charge < -0.3 is 14.2 Å². The summed E-state index contributed by atoms with van der Waals surface area (Å²) < 4.78 is 15.4. The fourth-order valence-electron chi connectivity index (χ4n) is 0.953. The van der Waals surface area contributed by atoms with Crippen LogP contribution >= 0.6 is 15.9 Å². The number of methoxy groups -OCH3 is 2. The highest BCUT2D eigenvalue weighted by Gasteiger charge is 2.04. The molecule has 0 fully saturated rings. The molecule has 0 aromatic heterocycles. The van der Waals surface area contributed by atoms with Crippen molar-refractivity contribution in [3.8, 4) is 17.2 Å². The lowest BCUT2D eigenvalue weighted by atomic mass is 10.3. The maximum Gasteiger partial charge on any atom is 0.164 e. The molecule has 0 spiro atoms. The zero-order valence-electron chi connectivity index (χ0n) is 7.54. The molecule has 0 aliphatic rings. The van der Waals surface area contributed by atoms with Gasteiger partial charge in [0.1, 0.15) is 11.3 Å². The summed E-state index contributed by atoms with van der Waals surface area (Å²) in [7, 11) is 3.20. The van der Waals surface area contributed by atoms with Crippen molar-refractivity contribution in [1.82, 2.24) is 0 Å². The van der Waals surface area contributed by atoms with E-state index in [9.17, 15) is 0 Å². The fourth-order valence-corrected chi connectivity index (χ4v) is 1.20. The standard InChI is InChI=1S/C9H11BrO3/c1-11-7-3-4-8(13-6-10)9(5-7)12-2/h3-5H,6H2,1-2H3. The van der Waals surface area contributed by atoms with Crippen LogP contribution in [0.25, 0.3) is 0 Å². The molecule has 1 aromatic carbocycles. The second kappa shape index (κ2) is 4.97. The van der Waals surface area contributed by atoms with Gasteiger partial charge in [-0.3, -0.25) is 0 Å². The van der Waals surface area contributed by atoms with Crippen molar-refractivity contribution in [2.24, 2.45) is 0 Å². The van der Waals surface area contributed by atoms with Crippen molar-refractivity contribution in [3.63, 3.8) is 0 Å². The predicted octanol–water partition coefficient (Wildman–Crippen LogP) is 2.44. The van der Waals surface area contributed by atoms with E-state index >= 15 is 0 Å². The van der Waals surface area contributed by atoms with E-state index in [1.165, 1.54) is 0 Å². The van der Waals surface area contributed by atoms with Gasteiger partial charge >= 0.3 is 0 Å². The molecule has 0 amide bonds. The Morgan fingerprint density at radius 1 is 1.15 bits per heavy atom. The van der Waals surface area contributed by atoms with E-state index in [0.717, 1.165) is 5.75 Å². The van der Waals surface area contributed by atoms with E-state index in [1.54, 1.807) is 26.4 Å². The van der Waals surface area contributed by atoms with Gasteiger partial charge in [0.15, 0.2) is 11.5 Å². The van der Waals surface area contributed by atoms with E-state index in [2.05, 4.69) is 15.9 Å². The average molecular weight is 247 g/mol. The van der Waals surface area contributed by atoms with E-state index in [-0.39, 0.29) is 0 Å². The van der Waals surface area contributed by atoms with Gasteiger partial charge in [-0.25, -0.2) is 0 Å². The van der Waals surface area contributed by atoms with Crippen molar-refractivity contribution >= 4 is 15.9 Å². The Bertz CT molecular complexity index is 276. The minimum Gasteiger partial charge on any atom is -0.497 e. The first-order chi connectivity index (χ1) is 6.31. The highest BCUT2D eigenvalue weighted by Crippen LogP contribution is 2.31. The summed E-state index contributed by atoms with van der Waals surface area (Å²) in [5, 5.41) is 0. The summed E-state index contributed by atoms with van der Waals surface area (Å²) in [4.78, 5) is 0. The van der Waals surface area contributed by atoms with Gasteiger partial charge in [0.25, 0.3) is 0 Å². The summed E-state index contributed by atoms with van der Waals surface area (Å²) in [6.45, 7) is 0. The van der Waals surface area contributed by atoms with Gasteiger partial charge in [0.2, 0.25) is 0 Å². The first-order valence-electron chi connectivity index (χ1n) is 3.72. The van der Waals surface area contributed by atoms with E-state index < -0.39 is 0 Å². The topological polar surface area (TPSA) is 27.7 Å². The molecular weight excluding hydrogens is 236 g/mol. The van der Waals surface area contributed by atoms with Crippen LogP contribution in [-0.2, 0) is 0 Å². The minimum absolute atomic E-state index is 0.440. The molecule has 13 heavy (non-hydrogen) atoms. The number of alkyl halides is 1. The Balaban J connectivity index is 2.93. The van der Waals surface area contributed by atoms with Crippen LogP contribution in [0.5, 0.6) is 17.2 Å². The highest BCUT2D eigenvalue weighted by atomic mass is 79.9. The Morgan fingerprint density at radius 2 is 1.92 bits per heavy atom. The summed E-state index contributed by atoms with van der Waals surface area (Å²) in [6, 6.07) is 5.40. The van der Waals surface area contributed by atoms with Crippen molar-refractivity contribution in [2.75, 3.05) is 19.7 Å². The lowest BCUT2D eigenvalue weighted by molar-refractivity contribution is 0.341. The number of hydrogen-bond donors (Lipinski definition) is 0. The number of hydrogen-bond acceptors (Lipinski definition) is 3. The van der Waals surface area contributed by atoms with Gasteiger partial charge in [0.05, 0.1) is 14.2 Å². The molecule has 3 nitrogen and oxygen atoms in total. The maximum absolute atomic E-state index is 5.26. The number of halogens is 1. The highest BCUT2D eigenvalue weighted by molar-refractivity contribution is 9.09. The third kappa shape index (κ3) is 2.52. The largest absolute Gasteiger partial charge is 0.497 e. The zero-order valence-corrected chi connectivity index (χ0v) is 9.13. The summed E-state index contributed by atoms with van der Waals surface area (Å²) in [5.74, 6) is 2.11. The molecule has 0 N–H and O–H groups in total. The lowest BCUT2D eigenvalue weighted by Crippen LogP contribution is -1.94. The van der Waals surface area contributed by atoms with Gasteiger partial charge in [-0.2, -0.15) is 0 Å². The molecule has 4 heteroatoms. The molecule has 72 valence electrons. The smallest absolute Gasteiger partial charge is 0.164 e. The lowest BCUT2D eigenvalue weighted by Gasteiger charge is -2.09. The molecule has 1 aromatic rings. The third-order valence-corrected chi connectivity index (χ3v) is 1.81. The molecule has 0 atom stereocenters. The SMILES string of the molecule is COc1ccc(OCBr)c(OC)c1. The molecule has 0 heterocycles. The van der Waals surface area contributed by atoms with Crippen LogP contribution in [0.3, 0.4) is 0 Å². The quantitative estimate of drug-likeness (QED) is 0.765. The monoisotopic (exact) mass is 246 g/mol. The minimum atomic E-state index is 0.440. The van der Waals surface area contributed by atoms with Crippen LogP contribution in [0, 0.1) is 0 Å². The fraction of sp³-hybridized carbons (Fsp3) is 0.333. The molecule has 0 unspecified atom stereocenters. The summed E-state index contributed by atoms with van der Waals surface area (Å²) >= 11 is 3.18. The van der Waals surface area contributed by atoms with Crippen LogP contribution in [0.2, 0.25) is 0 Å². The van der Waals surface area contributed by atoms with E-state index in [1.807, 2.05) is 6.07 Å². The second-order valence-electron chi connectivity index (χ2n) is 2.27. The van der Waals surface area contributed by atoms with Crippen LogP contribution < -0.4 is 14.2 Å². The van der Waals surface area contributed by atoms with Gasteiger partial charge in [-0.1, -0.05) is 0 Å². The Kier molecular flexibility index (Phi) is 3.89. The first-order valence-corrected chi connectivity index (χ1v) is 4.84. The van der Waals surface area contributed by atoms with Crippen molar-refractivity contribution < 1.29 is 14.2 Å². The van der Waals surface area contributed by atoms with Crippen LogP contribution in [0.15, 0.2) is 18.2 Å². The summed E-state index contributed by atoms with van der Waals surface area (Å²) in [6.07, 6.45) is 0. The van der Waals surface area contributed by atoms with E-state index in [4.69, 9.17) is 14.2 Å². The molecular formula is C9H11BrO3. The molecule has 0 saturated heterocycles. The van der Waals surface area contributed by atoms with E-state index in [0.29, 0.717) is 17.0 Å². The number of rotatable bonds is 4. The van der Waals surface area contributed by atoms with Crippen LogP contribution in [0.4, 0.5) is 0 Å². The Hall–Kier alpha value is -0.900. The Morgan fingerprint density at radius 3 is 2.46 bits per heavy atom. The zero-order chi connectivity index (χ0) is 9.68. The van der Waals surface area contributed by atoms with Gasteiger partial charge in [0, 0.05) is 6.07 Å². The van der Waals surface area contributed by atoms with Crippen molar-refractivity contribution in [1.29, 1.82) is 0 Å².